The van der Waals surface area contributed by atoms with Gasteiger partial charge in [0, 0.05) is 23.6 Å². The van der Waals surface area contributed by atoms with E-state index in [9.17, 15) is 9.59 Å². The third-order valence-electron chi connectivity index (χ3n) is 4.91. The van der Waals surface area contributed by atoms with Crippen molar-refractivity contribution in [2.45, 2.75) is 51.6 Å². The number of amides is 2. The van der Waals surface area contributed by atoms with E-state index in [0.717, 1.165) is 25.0 Å². The van der Waals surface area contributed by atoms with E-state index in [4.69, 9.17) is 4.74 Å². The van der Waals surface area contributed by atoms with Crippen LogP contribution in [0.4, 0.5) is 0 Å². The molecule has 1 fully saturated rings. The third kappa shape index (κ3) is 5.59. The van der Waals surface area contributed by atoms with Gasteiger partial charge in [0.05, 0.1) is 0 Å². The van der Waals surface area contributed by atoms with E-state index in [2.05, 4.69) is 10.6 Å². The maximum atomic E-state index is 12.6. The van der Waals surface area contributed by atoms with Gasteiger partial charge >= 0.3 is 0 Å². The second-order valence-corrected chi connectivity index (χ2v) is 7.64. The molecule has 3 rings (SSSR count). The number of benzene rings is 2. The molecule has 0 radical (unpaired) electrons. The number of hydrogen-bond acceptors (Lipinski definition) is 3. The van der Waals surface area contributed by atoms with E-state index >= 15 is 0 Å². The van der Waals surface area contributed by atoms with Gasteiger partial charge in [-0.25, -0.2) is 0 Å². The maximum Gasteiger partial charge on any atom is 0.251 e. The quantitative estimate of drug-likeness (QED) is 0.785. The Morgan fingerprint density at radius 2 is 1.64 bits per heavy atom. The van der Waals surface area contributed by atoms with E-state index in [1.165, 1.54) is 0 Å². The highest BCUT2D eigenvalue weighted by Crippen LogP contribution is 2.25. The lowest BCUT2D eigenvalue weighted by atomic mass is 9.85. The monoisotopic (exact) mass is 380 g/mol. The van der Waals surface area contributed by atoms with Crippen molar-refractivity contribution < 1.29 is 14.3 Å². The molecule has 0 aliphatic heterocycles. The molecule has 28 heavy (non-hydrogen) atoms. The molecule has 1 saturated carbocycles. The SMILES string of the molecule is CC(C)NC(=O)C1CCCC(NC(=O)c2ccc(Oc3ccccc3)cc2)C1. The highest BCUT2D eigenvalue weighted by Gasteiger charge is 2.28. The molecule has 1 aliphatic rings. The minimum absolute atomic E-state index is 0.0249. The normalized spacial score (nSPS) is 19.1. The highest BCUT2D eigenvalue weighted by molar-refractivity contribution is 5.94. The van der Waals surface area contributed by atoms with Crippen LogP contribution >= 0.6 is 0 Å². The molecule has 5 heteroatoms. The molecule has 0 spiro atoms. The van der Waals surface area contributed by atoms with Gasteiger partial charge < -0.3 is 15.4 Å². The standard InChI is InChI=1S/C23H28N2O3/c1-16(2)24-23(27)18-7-6-8-19(15-18)25-22(26)17-11-13-21(14-12-17)28-20-9-4-3-5-10-20/h3-5,9-14,16,18-19H,6-8,15H2,1-2H3,(H,24,27)(H,25,26). The summed E-state index contributed by atoms with van der Waals surface area (Å²) in [6, 6.07) is 16.8. The fraction of sp³-hybridized carbons (Fsp3) is 0.391. The molecule has 2 unspecified atom stereocenters. The summed E-state index contributed by atoms with van der Waals surface area (Å²) in [4.78, 5) is 24.8. The number of hydrogen-bond donors (Lipinski definition) is 2. The molecule has 1 aliphatic carbocycles. The number of ether oxygens (including phenoxy) is 1. The van der Waals surface area contributed by atoms with Gasteiger partial charge in [-0.15, -0.1) is 0 Å². The van der Waals surface area contributed by atoms with Crippen LogP contribution in [0.5, 0.6) is 11.5 Å². The van der Waals surface area contributed by atoms with Gasteiger partial charge in [0.1, 0.15) is 11.5 Å². The van der Waals surface area contributed by atoms with Gasteiger partial charge in [-0.1, -0.05) is 24.6 Å². The van der Waals surface area contributed by atoms with Crippen molar-refractivity contribution >= 4 is 11.8 Å². The smallest absolute Gasteiger partial charge is 0.251 e. The number of para-hydroxylation sites is 1. The first kappa shape index (κ1) is 19.9. The summed E-state index contributed by atoms with van der Waals surface area (Å²) in [5.41, 5.74) is 0.592. The van der Waals surface area contributed by atoms with Crippen molar-refractivity contribution in [3.63, 3.8) is 0 Å². The maximum absolute atomic E-state index is 12.6. The summed E-state index contributed by atoms with van der Waals surface area (Å²) in [7, 11) is 0. The van der Waals surface area contributed by atoms with E-state index in [1.54, 1.807) is 24.3 Å². The zero-order valence-corrected chi connectivity index (χ0v) is 16.5. The fourth-order valence-electron chi connectivity index (χ4n) is 3.53. The van der Waals surface area contributed by atoms with Crippen molar-refractivity contribution in [3.8, 4) is 11.5 Å². The molecule has 2 aromatic rings. The van der Waals surface area contributed by atoms with Gasteiger partial charge in [-0.2, -0.15) is 0 Å². The summed E-state index contributed by atoms with van der Waals surface area (Å²) >= 11 is 0. The van der Waals surface area contributed by atoms with E-state index in [1.807, 2.05) is 44.2 Å². The Morgan fingerprint density at radius 3 is 2.32 bits per heavy atom. The summed E-state index contributed by atoms with van der Waals surface area (Å²) in [5.74, 6) is 1.40. The number of nitrogens with one attached hydrogen (secondary N) is 2. The molecule has 2 atom stereocenters. The van der Waals surface area contributed by atoms with Crippen LogP contribution in [0.3, 0.4) is 0 Å². The van der Waals surface area contributed by atoms with E-state index in [-0.39, 0.29) is 29.8 Å². The van der Waals surface area contributed by atoms with Crippen molar-refractivity contribution in [1.29, 1.82) is 0 Å². The van der Waals surface area contributed by atoms with E-state index < -0.39 is 0 Å². The molecule has 2 aromatic carbocycles. The van der Waals surface area contributed by atoms with Crippen molar-refractivity contribution in [3.05, 3.63) is 60.2 Å². The molecular formula is C23H28N2O3. The van der Waals surface area contributed by atoms with Crippen molar-refractivity contribution in [2.24, 2.45) is 5.92 Å². The van der Waals surface area contributed by atoms with Gasteiger partial charge in [-0.05, 0) is 69.5 Å². The number of carbonyl (C=O) groups excluding carboxylic acids is 2. The Labute approximate surface area is 166 Å². The van der Waals surface area contributed by atoms with E-state index in [0.29, 0.717) is 17.7 Å². The molecule has 2 amide bonds. The summed E-state index contributed by atoms with van der Waals surface area (Å²) in [6.45, 7) is 3.93. The van der Waals surface area contributed by atoms with Gasteiger partial charge in [-0.3, -0.25) is 9.59 Å². The number of rotatable bonds is 6. The molecule has 0 aromatic heterocycles. The lowest BCUT2D eigenvalue weighted by Crippen LogP contribution is -2.43. The fourth-order valence-corrected chi connectivity index (χ4v) is 3.53. The zero-order chi connectivity index (χ0) is 19.9. The lowest BCUT2D eigenvalue weighted by Gasteiger charge is -2.29. The topological polar surface area (TPSA) is 67.4 Å². The Bertz CT molecular complexity index is 787. The Morgan fingerprint density at radius 1 is 0.964 bits per heavy atom. The summed E-state index contributed by atoms with van der Waals surface area (Å²) < 4.78 is 5.76. The van der Waals surface area contributed by atoms with Crippen LogP contribution in [0, 0.1) is 5.92 Å². The third-order valence-corrected chi connectivity index (χ3v) is 4.91. The molecule has 148 valence electrons. The van der Waals surface area contributed by atoms with Gasteiger partial charge in [0.15, 0.2) is 0 Å². The van der Waals surface area contributed by atoms with Crippen LogP contribution in [0.1, 0.15) is 49.9 Å². The van der Waals surface area contributed by atoms with Crippen LogP contribution in [-0.4, -0.2) is 23.9 Å². The predicted octanol–water partition coefficient (Wildman–Crippen LogP) is 4.29. The van der Waals surface area contributed by atoms with Crippen LogP contribution in [0.15, 0.2) is 54.6 Å². The van der Waals surface area contributed by atoms with Gasteiger partial charge in [0.2, 0.25) is 5.91 Å². The molecule has 0 heterocycles. The van der Waals surface area contributed by atoms with Crippen molar-refractivity contribution in [2.75, 3.05) is 0 Å². The zero-order valence-electron chi connectivity index (χ0n) is 16.5. The average Bonchev–Trinajstić information content (AvgIpc) is 2.69. The van der Waals surface area contributed by atoms with Crippen LogP contribution in [0.25, 0.3) is 0 Å². The van der Waals surface area contributed by atoms with Crippen LogP contribution in [0.2, 0.25) is 0 Å². The average molecular weight is 380 g/mol. The lowest BCUT2D eigenvalue weighted by molar-refractivity contribution is -0.126. The van der Waals surface area contributed by atoms with Crippen LogP contribution in [-0.2, 0) is 4.79 Å². The first-order valence-electron chi connectivity index (χ1n) is 9.95. The first-order valence-corrected chi connectivity index (χ1v) is 9.95. The highest BCUT2D eigenvalue weighted by atomic mass is 16.5. The first-order chi connectivity index (χ1) is 13.5. The Balaban J connectivity index is 1.54. The largest absolute Gasteiger partial charge is 0.457 e. The Hall–Kier alpha value is -2.82. The van der Waals surface area contributed by atoms with Gasteiger partial charge in [0.25, 0.3) is 5.91 Å². The Kier molecular flexibility index (Phi) is 6.69. The second kappa shape index (κ2) is 9.40. The minimum Gasteiger partial charge on any atom is -0.457 e. The minimum atomic E-state index is -0.110. The molecule has 2 N–H and O–H groups in total. The molecule has 0 saturated heterocycles. The number of carbonyl (C=O) groups is 2. The van der Waals surface area contributed by atoms with Crippen molar-refractivity contribution in [1.82, 2.24) is 10.6 Å². The predicted molar refractivity (Wildman–Crippen MR) is 109 cm³/mol. The summed E-state index contributed by atoms with van der Waals surface area (Å²) in [5, 5.41) is 6.06. The molecular weight excluding hydrogens is 352 g/mol. The molecule has 0 bridgehead atoms. The second-order valence-electron chi connectivity index (χ2n) is 7.64. The summed E-state index contributed by atoms with van der Waals surface area (Å²) in [6.07, 6.45) is 3.44. The molecule has 5 nitrogen and oxygen atoms in total. The van der Waals surface area contributed by atoms with Crippen LogP contribution < -0.4 is 15.4 Å².